The molecule has 15 heavy (non-hydrogen) atoms. The molecule has 0 aliphatic rings. The standard InChI is InChI=1S/C11H13FO3/c1-14-10-4-3-8(5-9(13)7-12)6-11(10)15-2/h3-4,6H,5,7H2,1-2H3. The van der Waals surface area contributed by atoms with Gasteiger partial charge in [0.15, 0.2) is 17.3 Å². The summed E-state index contributed by atoms with van der Waals surface area (Å²) in [6.45, 7) is -0.936. The molecule has 0 fully saturated rings. The Morgan fingerprint density at radius 3 is 2.47 bits per heavy atom. The van der Waals surface area contributed by atoms with Gasteiger partial charge in [0.2, 0.25) is 0 Å². The lowest BCUT2D eigenvalue weighted by molar-refractivity contribution is -0.119. The van der Waals surface area contributed by atoms with E-state index in [4.69, 9.17) is 9.47 Å². The molecule has 1 aromatic rings. The van der Waals surface area contributed by atoms with E-state index in [0.29, 0.717) is 11.5 Å². The Labute approximate surface area is 87.8 Å². The van der Waals surface area contributed by atoms with Crippen LogP contribution in [0.25, 0.3) is 0 Å². The van der Waals surface area contributed by atoms with Crippen LogP contribution in [0.4, 0.5) is 4.39 Å². The molecule has 82 valence electrons. The first-order valence-electron chi connectivity index (χ1n) is 4.49. The van der Waals surface area contributed by atoms with Gasteiger partial charge in [-0.3, -0.25) is 4.79 Å². The lowest BCUT2D eigenvalue weighted by Crippen LogP contribution is -2.04. The lowest BCUT2D eigenvalue weighted by atomic mass is 10.1. The Kier molecular flexibility index (Phi) is 4.09. The van der Waals surface area contributed by atoms with Gasteiger partial charge in [0, 0.05) is 6.42 Å². The van der Waals surface area contributed by atoms with E-state index in [1.807, 2.05) is 0 Å². The number of methoxy groups -OCH3 is 2. The van der Waals surface area contributed by atoms with E-state index in [1.165, 1.54) is 14.2 Å². The monoisotopic (exact) mass is 212 g/mol. The first-order valence-corrected chi connectivity index (χ1v) is 4.49. The highest BCUT2D eigenvalue weighted by molar-refractivity contribution is 5.82. The highest BCUT2D eigenvalue weighted by Crippen LogP contribution is 2.27. The summed E-state index contributed by atoms with van der Waals surface area (Å²) in [4.78, 5) is 10.9. The summed E-state index contributed by atoms with van der Waals surface area (Å²) in [7, 11) is 3.04. The van der Waals surface area contributed by atoms with Crippen molar-refractivity contribution in [3.8, 4) is 11.5 Å². The Balaban J connectivity index is 2.88. The third-order valence-electron chi connectivity index (χ3n) is 2.00. The van der Waals surface area contributed by atoms with Crippen LogP contribution in [0, 0.1) is 0 Å². The fourth-order valence-corrected chi connectivity index (χ4v) is 1.27. The smallest absolute Gasteiger partial charge is 0.168 e. The third kappa shape index (κ3) is 2.94. The number of carbonyl (C=O) groups excluding carboxylic acids is 1. The van der Waals surface area contributed by atoms with Gasteiger partial charge >= 0.3 is 0 Å². The quantitative estimate of drug-likeness (QED) is 0.746. The van der Waals surface area contributed by atoms with Crippen LogP contribution >= 0.6 is 0 Å². The molecular formula is C11H13FO3. The highest BCUT2D eigenvalue weighted by atomic mass is 19.1. The summed E-state index contributed by atoms with van der Waals surface area (Å²) in [5, 5.41) is 0. The number of halogens is 1. The summed E-state index contributed by atoms with van der Waals surface area (Å²) >= 11 is 0. The number of hydrogen-bond donors (Lipinski definition) is 0. The molecule has 0 saturated carbocycles. The van der Waals surface area contributed by atoms with Gasteiger partial charge in [-0.25, -0.2) is 4.39 Å². The van der Waals surface area contributed by atoms with Crippen LogP contribution in [-0.2, 0) is 11.2 Å². The molecule has 4 heteroatoms. The largest absolute Gasteiger partial charge is 0.493 e. The van der Waals surface area contributed by atoms with E-state index in [0.717, 1.165) is 5.56 Å². The molecule has 0 N–H and O–H groups in total. The molecule has 1 rings (SSSR count). The van der Waals surface area contributed by atoms with Crippen LogP contribution in [0.15, 0.2) is 18.2 Å². The van der Waals surface area contributed by atoms with E-state index in [2.05, 4.69) is 0 Å². The van der Waals surface area contributed by atoms with Crippen molar-refractivity contribution in [2.45, 2.75) is 6.42 Å². The average molecular weight is 212 g/mol. The fraction of sp³-hybridized carbons (Fsp3) is 0.364. The zero-order valence-corrected chi connectivity index (χ0v) is 8.75. The van der Waals surface area contributed by atoms with Crippen LogP contribution in [0.3, 0.4) is 0 Å². The van der Waals surface area contributed by atoms with Gasteiger partial charge < -0.3 is 9.47 Å². The minimum absolute atomic E-state index is 0.0802. The summed E-state index contributed by atoms with van der Waals surface area (Å²) in [5.74, 6) is 0.692. The number of alkyl halides is 1. The molecule has 0 aliphatic carbocycles. The van der Waals surface area contributed by atoms with Gasteiger partial charge in [0.05, 0.1) is 14.2 Å². The van der Waals surface area contributed by atoms with Crippen molar-refractivity contribution in [3.05, 3.63) is 23.8 Å². The molecule has 0 bridgehead atoms. The van der Waals surface area contributed by atoms with Gasteiger partial charge in [0.1, 0.15) is 6.67 Å². The zero-order chi connectivity index (χ0) is 11.3. The second-order valence-electron chi connectivity index (χ2n) is 3.04. The average Bonchev–Trinajstić information content (AvgIpc) is 2.28. The number of carbonyl (C=O) groups is 1. The topological polar surface area (TPSA) is 35.5 Å². The number of ketones is 1. The van der Waals surface area contributed by atoms with Crippen LogP contribution in [-0.4, -0.2) is 26.7 Å². The number of benzene rings is 1. The van der Waals surface area contributed by atoms with Crippen molar-refractivity contribution in [2.24, 2.45) is 0 Å². The molecule has 0 radical (unpaired) electrons. The molecular weight excluding hydrogens is 199 g/mol. The van der Waals surface area contributed by atoms with E-state index < -0.39 is 12.5 Å². The van der Waals surface area contributed by atoms with Crippen molar-refractivity contribution >= 4 is 5.78 Å². The normalized spacial score (nSPS) is 9.80. The summed E-state index contributed by atoms with van der Waals surface area (Å²) < 4.78 is 22.1. The minimum atomic E-state index is -0.936. The van der Waals surface area contributed by atoms with Gasteiger partial charge in [-0.1, -0.05) is 6.07 Å². The third-order valence-corrected chi connectivity index (χ3v) is 2.00. The Hall–Kier alpha value is -1.58. The number of hydrogen-bond acceptors (Lipinski definition) is 3. The molecule has 0 saturated heterocycles. The Morgan fingerprint density at radius 2 is 1.93 bits per heavy atom. The molecule has 0 aromatic heterocycles. The van der Waals surface area contributed by atoms with Gasteiger partial charge in [-0.2, -0.15) is 0 Å². The molecule has 0 spiro atoms. The zero-order valence-electron chi connectivity index (χ0n) is 8.75. The summed E-state index contributed by atoms with van der Waals surface area (Å²) in [6, 6.07) is 5.08. The second kappa shape index (κ2) is 5.34. The lowest BCUT2D eigenvalue weighted by Gasteiger charge is -2.08. The maximum absolute atomic E-state index is 12.0. The predicted octanol–water partition coefficient (Wildman–Crippen LogP) is 1.78. The molecule has 0 aliphatic heterocycles. The molecule has 3 nitrogen and oxygen atoms in total. The highest BCUT2D eigenvalue weighted by Gasteiger charge is 2.07. The second-order valence-corrected chi connectivity index (χ2v) is 3.04. The molecule has 0 unspecified atom stereocenters. The molecule has 0 atom stereocenters. The van der Waals surface area contributed by atoms with E-state index in [1.54, 1.807) is 18.2 Å². The van der Waals surface area contributed by atoms with Crippen molar-refractivity contribution < 1.29 is 18.7 Å². The summed E-state index contributed by atoms with van der Waals surface area (Å²) in [5.41, 5.74) is 0.718. The van der Waals surface area contributed by atoms with Crippen LogP contribution in [0.5, 0.6) is 11.5 Å². The van der Waals surface area contributed by atoms with Gasteiger partial charge in [0.25, 0.3) is 0 Å². The van der Waals surface area contributed by atoms with E-state index in [-0.39, 0.29) is 6.42 Å². The SMILES string of the molecule is COc1ccc(CC(=O)CF)cc1OC. The van der Waals surface area contributed by atoms with Crippen molar-refractivity contribution in [1.82, 2.24) is 0 Å². The van der Waals surface area contributed by atoms with Gasteiger partial charge in [-0.05, 0) is 17.7 Å². The molecule has 0 amide bonds. The maximum atomic E-state index is 12.0. The maximum Gasteiger partial charge on any atom is 0.168 e. The molecule has 1 aromatic carbocycles. The predicted molar refractivity (Wildman–Crippen MR) is 54.2 cm³/mol. The number of Topliss-reactive ketones (excluding diaryl/α,β-unsaturated/α-hetero) is 1. The van der Waals surface area contributed by atoms with Crippen LogP contribution in [0.1, 0.15) is 5.56 Å². The summed E-state index contributed by atoms with van der Waals surface area (Å²) in [6.07, 6.45) is 0.0802. The number of rotatable bonds is 5. The van der Waals surface area contributed by atoms with Crippen molar-refractivity contribution in [2.75, 3.05) is 20.9 Å². The first kappa shape index (κ1) is 11.5. The Bertz CT molecular complexity index is 350. The van der Waals surface area contributed by atoms with Crippen molar-refractivity contribution in [1.29, 1.82) is 0 Å². The Morgan fingerprint density at radius 1 is 1.27 bits per heavy atom. The van der Waals surface area contributed by atoms with Gasteiger partial charge in [-0.15, -0.1) is 0 Å². The van der Waals surface area contributed by atoms with E-state index >= 15 is 0 Å². The fourth-order valence-electron chi connectivity index (χ4n) is 1.27. The van der Waals surface area contributed by atoms with Crippen LogP contribution in [0.2, 0.25) is 0 Å². The minimum Gasteiger partial charge on any atom is -0.493 e. The van der Waals surface area contributed by atoms with E-state index in [9.17, 15) is 9.18 Å². The van der Waals surface area contributed by atoms with Crippen LogP contribution < -0.4 is 9.47 Å². The first-order chi connectivity index (χ1) is 7.21. The molecule has 0 heterocycles. The number of ether oxygens (including phenoxy) is 2. The van der Waals surface area contributed by atoms with Crippen molar-refractivity contribution in [3.63, 3.8) is 0 Å².